The Labute approximate surface area is 232 Å². The molecule has 5 N–H and O–H groups in total. The fourth-order valence-electron chi connectivity index (χ4n) is 3.87. The van der Waals surface area contributed by atoms with Crippen LogP contribution >= 0.6 is 0 Å². The fraction of sp³-hybridized carbons (Fsp3) is 0.286. The molecule has 2 unspecified atom stereocenters. The molecule has 0 aliphatic carbocycles. The number of ether oxygens (including phenoxy) is 2. The Morgan fingerprint density at radius 1 is 1.02 bits per heavy atom. The van der Waals surface area contributed by atoms with Crippen LogP contribution in [0.4, 0.5) is 10.1 Å². The van der Waals surface area contributed by atoms with Gasteiger partial charge in [-0.05, 0) is 66.8 Å². The van der Waals surface area contributed by atoms with Crippen molar-refractivity contribution in [2.75, 3.05) is 19.4 Å². The molecule has 1 amide bonds. The first-order valence-electron chi connectivity index (χ1n) is 12.5. The summed E-state index contributed by atoms with van der Waals surface area (Å²) < 4.78 is 51.9. The van der Waals surface area contributed by atoms with E-state index in [1.165, 1.54) is 30.3 Å². The number of halogens is 1. The van der Waals surface area contributed by atoms with Gasteiger partial charge >= 0.3 is 12.3 Å². The standard InChI is InChI=1S/C28H32FN3O7S/c1-38-21-13-10-19(11-14-21)7-5-6-16-31-26(33)18-24(32-40(36,37)22-8-3-2-4-9-22)20-12-15-25(23(30)17-20)39-27(29)28(34)35/h2-4,8-15,17,24,27,32H,5-7,16,18,30H2,1H3,(H,31,33)(H,34,35). The predicted molar refractivity (Wildman–Crippen MR) is 147 cm³/mol. The van der Waals surface area contributed by atoms with E-state index in [9.17, 15) is 22.4 Å². The lowest BCUT2D eigenvalue weighted by Gasteiger charge is -2.20. The van der Waals surface area contributed by atoms with Gasteiger partial charge in [-0.2, -0.15) is 4.39 Å². The van der Waals surface area contributed by atoms with Gasteiger partial charge in [-0.1, -0.05) is 36.4 Å². The molecule has 3 rings (SSSR count). The molecule has 0 fully saturated rings. The zero-order valence-corrected chi connectivity index (χ0v) is 22.7. The van der Waals surface area contributed by atoms with Crippen LogP contribution in [0.5, 0.6) is 11.5 Å². The number of sulfonamides is 1. The number of aryl methyl sites for hydroxylation is 1. The zero-order valence-electron chi connectivity index (χ0n) is 21.9. The Morgan fingerprint density at radius 2 is 1.73 bits per heavy atom. The Kier molecular flexibility index (Phi) is 10.9. The van der Waals surface area contributed by atoms with Crippen LogP contribution in [0, 0.1) is 0 Å². The molecule has 214 valence electrons. The first-order valence-corrected chi connectivity index (χ1v) is 14.0. The van der Waals surface area contributed by atoms with Crippen molar-refractivity contribution in [2.24, 2.45) is 0 Å². The van der Waals surface area contributed by atoms with Gasteiger partial charge in [-0.3, -0.25) is 4.79 Å². The van der Waals surface area contributed by atoms with E-state index in [1.54, 1.807) is 25.3 Å². The topological polar surface area (TPSA) is 157 Å². The van der Waals surface area contributed by atoms with Crippen LogP contribution in [0.15, 0.2) is 77.7 Å². The highest BCUT2D eigenvalue weighted by Crippen LogP contribution is 2.29. The number of carbonyl (C=O) groups is 2. The van der Waals surface area contributed by atoms with Gasteiger partial charge in [0.2, 0.25) is 15.9 Å². The number of benzene rings is 3. The second kappa shape index (κ2) is 14.3. The monoisotopic (exact) mass is 573 g/mol. The van der Waals surface area contributed by atoms with Gasteiger partial charge in [0, 0.05) is 13.0 Å². The van der Waals surface area contributed by atoms with E-state index in [0.717, 1.165) is 24.2 Å². The minimum Gasteiger partial charge on any atom is -0.497 e. The molecule has 0 radical (unpaired) electrons. The number of methoxy groups -OCH3 is 1. The lowest BCUT2D eigenvalue weighted by Crippen LogP contribution is -2.34. The number of unbranched alkanes of at least 4 members (excludes halogenated alkanes) is 1. The average molecular weight is 574 g/mol. The summed E-state index contributed by atoms with van der Waals surface area (Å²) in [5.41, 5.74) is 7.26. The first-order chi connectivity index (χ1) is 19.1. The number of rotatable bonds is 15. The van der Waals surface area contributed by atoms with Crippen molar-refractivity contribution in [3.05, 3.63) is 83.9 Å². The van der Waals surface area contributed by atoms with Gasteiger partial charge < -0.3 is 25.6 Å². The summed E-state index contributed by atoms with van der Waals surface area (Å²) in [6.45, 7) is 0.398. The molecule has 0 saturated carbocycles. The van der Waals surface area contributed by atoms with Crippen molar-refractivity contribution >= 4 is 27.6 Å². The highest BCUT2D eigenvalue weighted by Gasteiger charge is 2.25. The number of nitrogen functional groups attached to an aromatic ring is 1. The molecule has 0 aliphatic rings. The molecule has 0 aromatic heterocycles. The minimum absolute atomic E-state index is 0.00796. The van der Waals surface area contributed by atoms with Crippen LogP contribution in [-0.4, -0.2) is 45.4 Å². The van der Waals surface area contributed by atoms with E-state index in [-0.39, 0.29) is 28.7 Å². The molecular formula is C28H32FN3O7S. The smallest absolute Gasteiger partial charge is 0.378 e. The number of aliphatic carboxylic acids is 1. The van der Waals surface area contributed by atoms with Crippen LogP contribution in [0.3, 0.4) is 0 Å². The van der Waals surface area contributed by atoms with Crippen molar-refractivity contribution in [2.45, 2.75) is 43.0 Å². The summed E-state index contributed by atoms with van der Waals surface area (Å²) >= 11 is 0. The number of hydrogen-bond acceptors (Lipinski definition) is 7. The van der Waals surface area contributed by atoms with Crippen molar-refractivity contribution in [1.29, 1.82) is 0 Å². The highest BCUT2D eigenvalue weighted by atomic mass is 32.2. The second-order valence-electron chi connectivity index (χ2n) is 8.92. The van der Waals surface area contributed by atoms with E-state index in [2.05, 4.69) is 10.0 Å². The van der Waals surface area contributed by atoms with Gasteiger partial charge in [-0.15, -0.1) is 0 Å². The number of alkyl halides is 1. The van der Waals surface area contributed by atoms with Crippen molar-refractivity contribution in [1.82, 2.24) is 10.0 Å². The summed E-state index contributed by atoms with van der Waals surface area (Å²) in [7, 11) is -2.41. The lowest BCUT2D eigenvalue weighted by molar-refractivity contribution is -0.153. The van der Waals surface area contributed by atoms with Gasteiger partial charge in [0.05, 0.1) is 23.7 Å². The number of nitrogens with one attached hydrogen (secondary N) is 2. The molecule has 2 atom stereocenters. The van der Waals surface area contributed by atoms with Gasteiger partial charge in [-0.25, -0.2) is 17.9 Å². The number of carbonyl (C=O) groups excluding carboxylic acids is 1. The average Bonchev–Trinajstić information content (AvgIpc) is 2.94. The third kappa shape index (κ3) is 8.95. The second-order valence-corrected chi connectivity index (χ2v) is 10.6. The van der Waals surface area contributed by atoms with Crippen molar-refractivity contribution < 1.29 is 37.0 Å². The van der Waals surface area contributed by atoms with Crippen LogP contribution in [-0.2, 0) is 26.0 Å². The minimum atomic E-state index is -4.02. The molecule has 10 nitrogen and oxygen atoms in total. The molecule has 0 spiro atoms. The molecule has 40 heavy (non-hydrogen) atoms. The SMILES string of the molecule is COc1ccc(CCCCNC(=O)CC(NS(=O)(=O)c2ccccc2)c2ccc(OC(F)C(=O)O)c(N)c2)cc1. The largest absolute Gasteiger partial charge is 0.497 e. The Bertz CT molecular complexity index is 1390. The fourth-order valence-corrected chi connectivity index (χ4v) is 5.11. The van der Waals surface area contributed by atoms with Crippen LogP contribution in [0.25, 0.3) is 0 Å². The number of carboxylic acids is 1. The summed E-state index contributed by atoms with van der Waals surface area (Å²) in [5.74, 6) is -1.66. The third-order valence-electron chi connectivity index (χ3n) is 5.97. The molecule has 0 saturated heterocycles. The van der Waals surface area contributed by atoms with E-state index < -0.39 is 28.4 Å². The van der Waals surface area contributed by atoms with Crippen LogP contribution in [0.1, 0.15) is 36.4 Å². The van der Waals surface area contributed by atoms with Gasteiger partial charge in [0.1, 0.15) is 11.5 Å². The number of hydrogen-bond donors (Lipinski definition) is 4. The number of anilines is 1. The predicted octanol–water partition coefficient (Wildman–Crippen LogP) is 3.59. The summed E-state index contributed by atoms with van der Waals surface area (Å²) in [6.07, 6.45) is -0.498. The van der Waals surface area contributed by atoms with E-state index in [4.69, 9.17) is 20.3 Å². The number of carboxylic acid groups (broad SMARTS) is 1. The molecule has 0 aliphatic heterocycles. The Hall–Kier alpha value is -4.16. The van der Waals surface area contributed by atoms with Gasteiger partial charge in [0.25, 0.3) is 0 Å². The molecule has 0 heterocycles. The quantitative estimate of drug-likeness (QED) is 0.159. The number of amides is 1. The summed E-state index contributed by atoms with van der Waals surface area (Å²) in [5, 5.41) is 11.5. The molecule has 3 aromatic carbocycles. The maximum Gasteiger partial charge on any atom is 0.378 e. The number of nitrogens with two attached hydrogens (primary N) is 1. The molecule has 0 bridgehead atoms. The van der Waals surface area contributed by atoms with Crippen molar-refractivity contribution in [3.8, 4) is 11.5 Å². The molecular weight excluding hydrogens is 541 g/mol. The first kappa shape index (κ1) is 30.4. The third-order valence-corrected chi connectivity index (χ3v) is 7.46. The summed E-state index contributed by atoms with van der Waals surface area (Å²) in [4.78, 5) is 23.6. The van der Waals surface area contributed by atoms with E-state index in [0.29, 0.717) is 18.5 Å². The normalized spacial score (nSPS) is 12.8. The lowest BCUT2D eigenvalue weighted by atomic mass is 10.0. The van der Waals surface area contributed by atoms with E-state index >= 15 is 0 Å². The Balaban J connectivity index is 1.66. The van der Waals surface area contributed by atoms with E-state index in [1.807, 2.05) is 24.3 Å². The molecule has 12 heteroatoms. The van der Waals surface area contributed by atoms with Crippen molar-refractivity contribution in [3.63, 3.8) is 0 Å². The molecule has 3 aromatic rings. The highest BCUT2D eigenvalue weighted by molar-refractivity contribution is 7.89. The van der Waals surface area contributed by atoms with Gasteiger partial charge in [0.15, 0.2) is 0 Å². The zero-order chi connectivity index (χ0) is 29.1. The maximum atomic E-state index is 13.5. The van der Waals surface area contributed by atoms with Crippen LogP contribution in [0.2, 0.25) is 0 Å². The van der Waals surface area contributed by atoms with Crippen LogP contribution < -0.4 is 25.2 Å². The summed E-state index contributed by atoms with van der Waals surface area (Å²) in [6, 6.07) is 18.3. The Morgan fingerprint density at radius 3 is 2.35 bits per heavy atom. The maximum absolute atomic E-state index is 13.5.